The lowest BCUT2D eigenvalue weighted by molar-refractivity contribution is -0.239. The van der Waals surface area contributed by atoms with Gasteiger partial charge in [0.15, 0.2) is 5.79 Å². The average Bonchev–Trinajstić information content (AvgIpc) is 2.56. The van der Waals surface area contributed by atoms with Gasteiger partial charge < -0.3 is 14.6 Å². The molecule has 70 valence electrons. The molecular weight excluding hydrogens is 156 g/mol. The molecule has 0 aromatic heterocycles. The average molecular weight is 172 g/mol. The lowest BCUT2D eigenvalue weighted by Crippen LogP contribution is -2.40. The number of methoxy groups -OCH3 is 2. The zero-order chi connectivity index (χ0) is 8.77. The van der Waals surface area contributed by atoms with Gasteiger partial charge in [-0.1, -0.05) is 0 Å². The van der Waals surface area contributed by atoms with Gasteiger partial charge in [-0.25, -0.2) is 0 Å². The van der Waals surface area contributed by atoms with Gasteiger partial charge in [-0.15, -0.1) is 0 Å². The predicted octanol–water partition coefficient (Wildman–Crippen LogP) is 0.766. The number of ether oxygens (including phenoxy) is 2. The summed E-state index contributed by atoms with van der Waals surface area (Å²) in [6.45, 7) is 0. The Bertz CT molecular complexity index is 177. The Morgan fingerprint density at radius 2 is 1.92 bits per heavy atom. The van der Waals surface area contributed by atoms with Crippen LogP contribution in [-0.2, 0) is 9.47 Å². The minimum absolute atomic E-state index is 0.192. The second-order valence-corrected chi connectivity index (χ2v) is 3.81. The lowest BCUT2D eigenvalue weighted by Gasteiger charge is -2.31. The number of hydrogen-bond donors (Lipinski definition) is 1. The molecule has 0 saturated heterocycles. The monoisotopic (exact) mass is 172 g/mol. The van der Waals surface area contributed by atoms with Crippen molar-refractivity contribution in [2.75, 3.05) is 14.2 Å². The van der Waals surface area contributed by atoms with E-state index in [1.807, 2.05) is 0 Å². The van der Waals surface area contributed by atoms with Crippen LogP contribution in [0.5, 0.6) is 0 Å². The van der Waals surface area contributed by atoms with Crippen LogP contribution >= 0.6 is 0 Å². The van der Waals surface area contributed by atoms with E-state index in [9.17, 15) is 5.11 Å². The highest BCUT2D eigenvalue weighted by Crippen LogP contribution is 2.54. The van der Waals surface area contributed by atoms with Crippen LogP contribution in [0.1, 0.15) is 19.3 Å². The molecule has 2 rings (SSSR count). The Kier molecular flexibility index (Phi) is 1.90. The van der Waals surface area contributed by atoms with Gasteiger partial charge in [0.25, 0.3) is 0 Å². The molecule has 3 atom stereocenters. The van der Waals surface area contributed by atoms with E-state index in [0.29, 0.717) is 5.92 Å². The molecular formula is C9H16O3. The van der Waals surface area contributed by atoms with Crippen LogP contribution < -0.4 is 0 Å². The van der Waals surface area contributed by atoms with E-state index in [-0.39, 0.29) is 12.0 Å². The highest BCUT2D eigenvalue weighted by atomic mass is 16.7. The zero-order valence-electron chi connectivity index (χ0n) is 7.62. The van der Waals surface area contributed by atoms with Crippen LogP contribution in [-0.4, -0.2) is 31.2 Å². The van der Waals surface area contributed by atoms with Crippen molar-refractivity contribution in [3.05, 3.63) is 0 Å². The van der Waals surface area contributed by atoms with E-state index in [2.05, 4.69) is 0 Å². The molecule has 2 aliphatic carbocycles. The zero-order valence-corrected chi connectivity index (χ0v) is 7.62. The second-order valence-electron chi connectivity index (χ2n) is 3.81. The summed E-state index contributed by atoms with van der Waals surface area (Å²) in [7, 11) is 3.35. The van der Waals surface area contributed by atoms with E-state index < -0.39 is 5.79 Å². The van der Waals surface area contributed by atoms with Crippen molar-refractivity contribution in [3.63, 3.8) is 0 Å². The quantitative estimate of drug-likeness (QED) is 0.625. The third-order valence-corrected chi connectivity index (χ3v) is 3.54. The summed E-state index contributed by atoms with van der Waals surface area (Å²) in [6.07, 6.45) is 2.78. The minimum Gasteiger partial charge on any atom is -0.393 e. The molecule has 1 N–H and O–H groups in total. The first-order chi connectivity index (χ1) is 5.74. The van der Waals surface area contributed by atoms with Crippen LogP contribution in [0.25, 0.3) is 0 Å². The molecule has 0 radical (unpaired) electrons. The van der Waals surface area contributed by atoms with Gasteiger partial charge in [0, 0.05) is 26.1 Å². The van der Waals surface area contributed by atoms with Crippen molar-refractivity contribution in [2.24, 2.45) is 11.8 Å². The summed E-state index contributed by atoms with van der Waals surface area (Å²) in [5, 5.41) is 9.66. The standard InChI is InChI=1S/C9H16O3/c1-11-9(12-2)6-3-4-7(9)8(10)5-6/h6-8,10H,3-5H2,1-2H3/t6-,7+,8+/m1/s1. The van der Waals surface area contributed by atoms with E-state index in [0.717, 1.165) is 19.3 Å². The predicted molar refractivity (Wildman–Crippen MR) is 43.6 cm³/mol. The lowest BCUT2D eigenvalue weighted by atomic mass is 9.98. The summed E-state index contributed by atoms with van der Waals surface area (Å²) in [5.74, 6) is 0.115. The summed E-state index contributed by atoms with van der Waals surface area (Å²) in [4.78, 5) is 0. The van der Waals surface area contributed by atoms with Crippen LogP contribution in [0.4, 0.5) is 0 Å². The van der Waals surface area contributed by atoms with Gasteiger partial charge in [-0.2, -0.15) is 0 Å². The highest BCUT2D eigenvalue weighted by Gasteiger charge is 2.60. The maximum atomic E-state index is 9.66. The van der Waals surface area contributed by atoms with Gasteiger partial charge in [-0.05, 0) is 19.3 Å². The smallest absolute Gasteiger partial charge is 0.175 e. The summed E-state index contributed by atoms with van der Waals surface area (Å²) in [5.41, 5.74) is 0. The number of rotatable bonds is 2. The molecule has 3 nitrogen and oxygen atoms in total. The molecule has 0 heterocycles. The van der Waals surface area contributed by atoms with Gasteiger partial charge in [0.1, 0.15) is 0 Å². The number of hydrogen-bond acceptors (Lipinski definition) is 3. The van der Waals surface area contributed by atoms with Gasteiger partial charge >= 0.3 is 0 Å². The Morgan fingerprint density at radius 1 is 1.25 bits per heavy atom. The van der Waals surface area contributed by atoms with Gasteiger partial charge in [0.05, 0.1) is 6.10 Å². The van der Waals surface area contributed by atoms with Crippen molar-refractivity contribution < 1.29 is 14.6 Å². The summed E-state index contributed by atoms with van der Waals surface area (Å²) < 4.78 is 10.8. The van der Waals surface area contributed by atoms with Crippen molar-refractivity contribution in [2.45, 2.75) is 31.2 Å². The van der Waals surface area contributed by atoms with Crippen molar-refractivity contribution in [1.29, 1.82) is 0 Å². The van der Waals surface area contributed by atoms with Crippen LogP contribution in [0.15, 0.2) is 0 Å². The van der Waals surface area contributed by atoms with E-state index in [4.69, 9.17) is 9.47 Å². The third-order valence-electron chi connectivity index (χ3n) is 3.54. The molecule has 0 aromatic rings. The molecule has 0 unspecified atom stereocenters. The molecule has 2 saturated carbocycles. The van der Waals surface area contributed by atoms with Crippen LogP contribution in [0, 0.1) is 11.8 Å². The van der Waals surface area contributed by atoms with Gasteiger partial charge in [0.2, 0.25) is 0 Å². The van der Waals surface area contributed by atoms with Crippen molar-refractivity contribution in [1.82, 2.24) is 0 Å². The second kappa shape index (κ2) is 2.69. The largest absolute Gasteiger partial charge is 0.393 e. The van der Waals surface area contributed by atoms with E-state index in [1.165, 1.54) is 0 Å². The highest BCUT2D eigenvalue weighted by molar-refractivity contribution is 5.04. The van der Waals surface area contributed by atoms with E-state index >= 15 is 0 Å². The Morgan fingerprint density at radius 3 is 2.17 bits per heavy atom. The molecule has 12 heavy (non-hydrogen) atoms. The summed E-state index contributed by atoms with van der Waals surface area (Å²) in [6, 6.07) is 0. The fourth-order valence-corrected chi connectivity index (χ4v) is 3.00. The SMILES string of the molecule is COC1(OC)[C@@H]2CC[C@H]1[C@@H](O)C2. The topological polar surface area (TPSA) is 38.7 Å². The molecule has 2 fully saturated rings. The molecule has 2 bridgehead atoms. The normalized spacial score (nSPS) is 43.8. The minimum atomic E-state index is -0.473. The van der Waals surface area contributed by atoms with E-state index in [1.54, 1.807) is 14.2 Å². The number of aliphatic hydroxyl groups excluding tert-OH is 1. The van der Waals surface area contributed by atoms with Crippen LogP contribution in [0.3, 0.4) is 0 Å². The number of fused-ring (bicyclic) bond motifs is 2. The fourth-order valence-electron chi connectivity index (χ4n) is 3.00. The first-order valence-corrected chi connectivity index (χ1v) is 4.53. The molecule has 0 amide bonds. The maximum absolute atomic E-state index is 9.66. The number of aliphatic hydroxyl groups is 1. The molecule has 0 spiro atoms. The molecule has 0 aliphatic heterocycles. The van der Waals surface area contributed by atoms with Crippen molar-refractivity contribution >= 4 is 0 Å². The third kappa shape index (κ3) is 0.817. The van der Waals surface area contributed by atoms with Crippen LogP contribution in [0.2, 0.25) is 0 Å². The summed E-state index contributed by atoms with van der Waals surface area (Å²) >= 11 is 0. The Hall–Kier alpha value is -0.120. The molecule has 2 aliphatic rings. The van der Waals surface area contributed by atoms with Crippen molar-refractivity contribution in [3.8, 4) is 0 Å². The molecule has 0 aromatic carbocycles. The van der Waals surface area contributed by atoms with Gasteiger partial charge in [-0.3, -0.25) is 0 Å². The first kappa shape index (κ1) is 8.48. The Balaban J connectivity index is 2.26. The maximum Gasteiger partial charge on any atom is 0.175 e. The fraction of sp³-hybridized carbons (Fsp3) is 1.00. The Labute approximate surface area is 72.7 Å². The first-order valence-electron chi connectivity index (χ1n) is 4.53. The molecule has 3 heteroatoms.